The zero-order valence-corrected chi connectivity index (χ0v) is 16.2. The fraction of sp³-hybridized carbons (Fsp3) is 0.211. The first kappa shape index (κ1) is 20.6. The van der Waals surface area contributed by atoms with Crippen molar-refractivity contribution in [2.75, 3.05) is 28.4 Å². The van der Waals surface area contributed by atoms with Crippen molar-refractivity contribution in [3.63, 3.8) is 0 Å². The second-order valence-electron chi connectivity index (χ2n) is 5.27. The van der Waals surface area contributed by atoms with E-state index in [1.165, 1.54) is 6.21 Å². The van der Waals surface area contributed by atoms with Gasteiger partial charge in [0.1, 0.15) is 0 Å². The summed E-state index contributed by atoms with van der Waals surface area (Å²) >= 11 is 0. The SMILES string of the molecule is COc1cccc(/C=N/N=C(/N)N/N=C/c2cccc(OC)c2OC)c1OC. The maximum Gasteiger partial charge on any atom is 0.234 e. The van der Waals surface area contributed by atoms with Crippen LogP contribution in [0.2, 0.25) is 0 Å². The van der Waals surface area contributed by atoms with Gasteiger partial charge in [0, 0.05) is 11.1 Å². The molecule has 2 aromatic carbocycles. The van der Waals surface area contributed by atoms with Crippen molar-refractivity contribution in [2.45, 2.75) is 0 Å². The zero-order chi connectivity index (χ0) is 20.4. The smallest absolute Gasteiger partial charge is 0.234 e. The van der Waals surface area contributed by atoms with Crippen molar-refractivity contribution in [1.82, 2.24) is 5.43 Å². The molecular weight excluding hydrogens is 362 g/mol. The number of nitrogens with one attached hydrogen (secondary N) is 1. The van der Waals surface area contributed by atoms with E-state index in [0.717, 1.165) is 0 Å². The lowest BCUT2D eigenvalue weighted by atomic mass is 10.2. The molecule has 0 aliphatic rings. The lowest BCUT2D eigenvalue weighted by molar-refractivity contribution is 0.354. The van der Waals surface area contributed by atoms with Gasteiger partial charge in [0.25, 0.3) is 0 Å². The summed E-state index contributed by atoms with van der Waals surface area (Å²) in [5.74, 6) is 2.33. The van der Waals surface area contributed by atoms with Crippen LogP contribution in [-0.2, 0) is 0 Å². The highest BCUT2D eigenvalue weighted by atomic mass is 16.5. The van der Waals surface area contributed by atoms with Crippen molar-refractivity contribution in [3.05, 3.63) is 47.5 Å². The number of hydrogen-bond donors (Lipinski definition) is 2. The Morgan fingerprint density at radius 3 is 1.86 bits per heavy atom. The van der Waals surface area contributed by atoms with Crippen molar-refractivity contribution in [1.29, 1.82) is 0 Å². The molecule has 0 aliphatic heterocycles. The van der Waals surface area contributed by atoms with Gasteiger partial charge in [-0.3, -0.25) is 0 Å². The highest BCUT2D eigenvalue weighted by Crippen LogP contribution is 2.30. The maximum atomic E-state index is 5.75. The lowest BCUT2D eigenvalue weighted by Gasteiger charge is -2.09. The highest BCUT2D eigenvalue weighted by molar-refractivity contribution is 5.88. The first-order valence-electron chi connectivity index (χ1n) is 8.22. The summed E-state index contributed by atoms with van der Waals surface area (Å²) in [4.78, 5) is 0. The molecule has 28 heavy (non-hydrogen) atoms. The highest BCUT2D eigenvalue weighted by Gasteiger charge is 2.08. The number of nitrogens with zero attached hydrogens (tertiary/aromatic N) is 3. The number of hydrazone groups is 1. The molecule has 0 amide bonds. The molecule has 9 heteroatoms. The van der Waals surface area contributed by atoms with Crippen molar-refractivity contribution in [2.24, 2.45) is 21.0 Å². The minimum Gasteiger partial charge on any atom is -0.493 e. The van der Waals surface area contributed by atoms with Gasteiger partial charge in [0.2, 0.25) is 5.96 Å². The van der Waals surface area contributed by atoms with E-state index in [1.807, 2.05) is 24.3 Å². The Kier molecular flexibility index (Phi) is 7.64. The molecule has 0 spiro atoms. The number of benzene rings is 2. The van der Waals surface area contributed by atoms with E-state index in [9.17, 15) is 0 Å². The molecule has 3 N–H and O–H groups in total. The number of para-hydroxylation sites is 2. The molecule has 0 aromatic heterocycles. The van der Waals surface area contributed by atoms with Crippen LogP contribution in [0.15, 0.2) is 51.7 Å². The summed E-state index contributed by atoms with van der Waals surface area (Å²) in [6, 6.07) is 10.9. The van der Waals surface area contributed by atoms with Crippen LogP contribution in [0.1, 0.15) is 11.1 Å². The molecule has 0 atom stereocenters. The summed E-state index contributed by atoms with van der Waals surface area (Å²) in [5.41, 5.74) is 9.76. The summed E-state index contributed by atoms with van der Waals surface area (Å²) in [7, 11) is 6.24. The van der Waals surface area contributed by atoms with Gasteiger partial charge in [0.15, 0.2) is 23.0 Å². The quantitative estimate of drug-likeness (QED) is 0.408. The summed E-state index contributed by atoms with van der Waals surface area (Å²) in [6.45, 7) is 0. The van der Waals surface area contributed by atoms with E-state index in [2.05, 4.69) is 20.7 Å². The molecule has 0 fully saturated rings. The number of guanidine groups is 1. The average molecular weight is 385 g/mol. The standard InChI is InChI=1S/C19H23N5O4/c1-25-15-9-5-7-13(17(15)27-3)11-21-23-19(20)24-22-12-14-8-6-10-16(26-2)18(14)28-4/h5-12H,1-4H3,(H3,20,23,24)/b21-11+,22-12+. The van der Waals surface area contributed by atoms with Crippen LogP contribution >= 0.6 is 0 Å². The number of nitrogens with two attached hydrogens (primary N) is 1. The van der Waals surface area contributed by atoms with E-state index < -0.39 is 0 Å². The van der Waals surface area contributed by atoms with Crippen molar-refractivity contribution >= 4 is 18.4 Å². The fourth-order valence-corrected chi connectivity index (χ4v) is 2.37. The van der Waals surface area contributed by atoms with Crippen LogP contribution in [0.5, 0.6) is 23.0 Å². The normalized spacial score (nSPS) is 11.6. The van der Waals surface area contributed by atoms with E-state index in [4.69, 9.17) is 24.7 Å². The Hall–Kier alpha value is -3.75. The Balaban J connectivity index is 2.06. The number of ether oxygens (including phenoxy) is 4. The van der Waals surface area contributed by atoms with Gasteiger partial charge in [-0.1, -0.05) is 12.1 Å². The van der Waals surface area contributed by atoms with Gasteiger partial charge in [-0.25, -0.2) is 5.43 Å². The maximum absolute atomic E-state index is 5.75. The zero-order valence-electron chi connectivity index (χ0n) is 16.2. The Morgan fingerprint density at radius 2 is 1.36 bits per heavy atom. The molecule has 0 heterocycles. The number of hydrogen-bond acceptors (Lipinski definition) is 7. The Labute approximate surface area is 163 Å². The molecular formula is C19H23N5O4. The Bertz CT molecular complexity index is 881. The minimum atomic E-state index is 0.0104. The third kappa shape index (κ3) is 5.13. The molecule has 0 radical (unpaired) electrons. The van der Waals surface area contributed by atoms with Gasteiger partial charge in [-0.15, -0.1) is 5.10 Å². The summed E-state index contributed by atoms with van der Waals surface area (Å²) in [5, 5.41) is 11.8. The van der Waals surface area contributed by atoms with Gasteiger partial charge in [-0.05, 0) is 24.3 Å². The van der Waals surface area contributed by atoms with Crippen LogP contribution < -0.4 is 30.1 Å². The third-order valence-electron chi connectivity index (χ3n) is 3.61. The van der Waals surface area contributed by atoms with Gasteiger partial charge < -0.3 is 24.7 Å². The van der Waals surface area contributed by atoms with E-state index in [1.54, 1.807) is 46.8 Å². The van der Waals surface area contributed by atoms with Crippen LogP contribution in [0.4, 0.5) is 0 Å². The van der Waals surface area contributed by atoms with Crippen LogP contribution in [-0.4, -0.2) is 46.8 Å². The second-order valence-corrected chi connectivity index (χ2v) is 5.27. The predicted molar refractivity (Wildman–Crippen MR) is 109 cm³/mol. The molecule has 0 bridgehead atoms. The monoisotopic (exact) mass is 385 g/mol. The van der Waals surface area contributed by atoms with Crippen LogP contribution in [0.3, 0.4) is 0 Å². The molecule has 0 saturated carbocycles. The van der Waals surface area contributed by atoms with E-state index in [-0.39, 0.29) is 5.96 Å². The van der Waals surface area contributed by atoms with Crippen molar-refractivity contribution in [3.8, 4) is 23.0 Å². The number of methoxy groups -OCH3 is 4. The average Bonchev–Trinajstić information content (AvgIpc) is 2.73. The first-order valence-corrected chi connectivity index (χ1v) is 8.22. The minimum absolute atomic E-state index is 0.0104. The summed E-state index contributed by atoms with van der Waals surface area (Å²) < 4.78 is 21.1. The molecule has 148 valence electrons. The van der Waals surface area contributed by atoms with Crippen molar-refractivity contribution < 1.29 is 18.9 Å². The molecule has 0 aliphatic carbocycles. The van der Waals surface area contributed by atoms with Gasteiger partial charge >= 0.3 is 0 Å². The predicted octanol–water partition coefficient (Wildman–Crippen LogP) is 1.99. The fourth-order valence-electron chi connectivity index (χ4n) is 2.37. The molecule has 0 saturated heterocycles. The van der Waals surface area contributed by atoms with E-state index >= 15 is 0 Å². The van der Waals surface area contributed by atoms with Crippen LogP contribution in [0, 0.1) is 0 Å². The van der Waals surface area contributed by atoms with Gasteiger partial charge in [0.05, 0.1) is 40.9 Å². The first-order chi connectivity index (χ1) is 13.6. The molecule has 0 unspecified atom stereocenters. The van der Waals surface area contributed by atoms with Gasteiger partial charge in [-0.2, -0.15) is 10.2 Å². The third-order valence-corrected chi connectivity index (χ3v) is 3.61. The molecule has 9 nitrogen and oxygen atoms in total. The lowest BCUT2D eigenvalue weighted by Crippen LogP contribution is -2.26. The largest absolute Gasteiger partial charge is 0.493 e. The van der Waals surface area contributed by atoms with E-state index in [0.29, 0.717) is 34.1 Å². The molecule has 2 rings (SSSR count). The number of rotatable bonds is 8. The Morgan fingerprint density at radius 1 is 0.821 bits per heavy atom. The topological polar surface area (TPSA) is 112 Å². The molecule has 2 aromatic rings. The van der Waals surface area contributed by atoms with Crippen LogP contribution in [0.25, 0.3) is 0 Å². The second kappa shape index (κ2) is 10.4. The summed E-state index contributed by atoms with van der Waals surface area (Å²) in [6.07, 6.45) is 3.04.